The number of hydrogen-bond donors (Lipinski definition) is 1. The lowest BCUT2D eigenvalue weighted by Crippen LogP contribution is -2.43. The van der Waals surface area contributed by atoms with Gasteiger partial charge in [-0.2, -0.15) is 0 Å². The van der Waals surface area contributed by atoms with Crippen molar-refractivity contribution in [3.05, 3.63) is 32.7 Å². The topological polar surface area (TPSA) is 32.3 Å². The maximum absolute atomic E-state index is 12.7. The van der Waals surface area contributed by atoms with Gasteiger partial charge in [-0.15, -0.1) is 0 Å². The summed E-state index contributed by atoms with van der Waals surface area (Å²) >= 11 is 6.92. The molecular formula is C16H22Br2N2O. The van der Waals surface area contributed by atoms with Crippen molar-refractivity contribution in [2.75, 3.05) is 19.6 Å². The lowest BCUT2D eigenvalue weighted by atomic mass is 9.97. The van der Waals surface area contributed by atoms with Gasteiger partial charge in [0.1, 0.15) is 0 Å². The Morgan fingerprint density at radius 2 is 2.19 bits per heavy atom. The maximum Gasteiger partial charge on any atom is 0.255 e. The lowest BCUT2D eigenvalue weighted by molar-refractivity contribution is 0.0671. The standard InChI is InChI=1S/C16H22Br2N2O/c1-11(2)19-9-12-4-3-7-20(10-12)16(21)14-8-13(17)5-6-15(14)18/h5-6,8,11-12,19H,3-4,7,9-10H2,1-2H3. The van der Waals surface area contributed by atoms with Crippen LogP contribution in [0.1, 0.15) is 37.0 Å². The van der Waals surface area contributed by atoms with Gasteiger partial charge in [-0.25, -0.2) is 0 Å². The number of rotatable bonds is 4. The second kappa shape index (κ2) is 7.75. The largest absolute Gasteiger partial charge is 0.338 e. The third kappa shape index (κ3) is 4.80. The highest BCUT2D eigenvalue weighted by molar-refractivity contribution is 9.11. The van der Waals surface area contributed by atoms with Gasteiger partial charge in [-0.3, -0.25) is 4.79 Å². The van der Waals surface area contributed by atoms with Crippen LogP contribution >= 0.6 is 31.9 Å². The van der Waals surface area contributed by atoms with Gasteiger partial charge in [-0.1, -0.05) is 29.8 Å². The Morgan fingerprint density at radius 1 is 1.43 bits per heavy atom. The minimum absolute atomic E-state index is 0.123. The molecule has 1 amide bonds. The molecule has 1 aliphatic heterocycles. The van der Waals surface area contributed by atoms with Crippen molar-refractivity contribution < 1.29 is 4.79 Å². The van der Waals surface area contributed by atoms with Crippen molar-refractivity contribution in [1.82, 2.24) is 10.2 Å². The molecule has 1 heterocycles. The third-order valence-corrected chi connectivity index (χ3v) is 4.96. The Hall–Kier alpha value is -0.390. The second-order valence-electron chi connectivity index (χ2n) is 5.95. The van der Waals surface area contributed by atoms with Crippen molar-refractivity contribution in [3.8, 4) is 0 Å². The second-order valence-corrected chi connectivity index (χ2v) is 7.72. The Bertz CT molecular complexity index is 505. The molecule has 21 heavy (non-hydrogen) atoms. The van der Waals surface area contributed by atoms with E-state index in [1.165, 1.54) is 6.42 Å². The molecule has 0 aromatic heterocycles. The molecule has 0 radical (unpaired) electrons. The van der Waals surface area contributed by atoms with Gasteiger partial charge in [0.05, 0.1) is 5.56 Å². The Morgan fingerprint density at radius 3 is 2.90 bits per heavy atom. The number of piperidine rings is 1. The van der Waals surface area contributed by atoms with Crippen molar-refractivity contribution in [2.45, 2.75) is 32.7 Å². The molecule has 1 aliphatic rings. The number of nitrogens with one attached hydrogen (secondary N) is 1. The summed E-state index contributed by atoms with van der Waals surface area (Å²) in [5.74, 6) is 0.674. The smallest absolute Gasteiger partial charge is 0.255 e. The fourth-order valence-electron chi connectivity index (χ4n) is 2.65. The minimum atomic E-state index is 0.123. The van der Waals surface area contributed by atoms with E-state index < -0.39 is 0 Å². The number of benzene rings is 1. The van der Waals surface area contributed by atoms with E-state index in [2.05, 4.69) is 51.0 Å². The van der Waals surface area contributed by atoms with Crippen LogP contribution in [-0.2, 0) is 0 Å². The number of carbonyl (C=O) groups excluding carboxylic acids is 1. The number of amides is 1. The molecule has 1 fully saturated rings. The van der Waals surface area contributed by atoms with E-state index >= 15 is 0 Å². The predicted octanol–water partition coefficient (Wildman–Crippen LogP) is 4.06. The predicted molar refractivity (Wildman–Crippen MR) is 93.6 cm³/mol. The highest BCUT2D eigenvalue weighted by Gasteiger charge is 2.25. The molecule has 1 aromatic carbocycles. The first-order valence-corrected chi connectivity index (χ1v) is 9.03. The summed E-state index contributed by atoms with van der Waals surface area (Å²) in [6, 6.07) is 6.24. The van der Waals surface area contributed by atoms with Gasteiger partial charge in [0, 0.05) is 28.1 Å². The van der Waals surface area contributed by atoms with E-state index in [-0.39, 0.29) is 5.91 Å². The Labute approximate surface area is 143 Å². The van der Waals surface area contributed by atoms with Crippen LogP contribution in [0.4, 0.5) is 0 Å². The molecule has 1 atom stereocenters. The first-order chi connectivity index (χ1) is 9.97. The summed E-state index contributed by atoms with van der Waals surface area (Å²) < 4.78 is 1.79. The summed E-state index contributed by atoms with van der Waals surface area (Å²) in [5.41, 5.74) is 0.738. The molecule has 2 rings (SSSR count). The van der Waals surface area contributed by atoms with Gasteiger partial charge in [0.25, 0.3) is 5.91 Å². The van der Waals surface area contributed by atoms with E-state index in [1.807, 2.05) is 23.1 Å². The molecule has 1 unspecified atom stereocenters. The van der Waals surface area contributed by atoms with Gasteiger partial charge >= 0.3 is 0 Å². The van der Waals surface area contributed by atoms with Crippen LogP contribution in [0.15, 0.2) is 27.1 Å². The lowest BCUT2D eigenvalue weighted by Gasteiger charge is -2.33. The zero-order valence-electron chi connectivity index (χ0n) is 12.5. The third-order valence-electron chi connectivity index (χ3n) is 3.78. The number of halogens is 2. The van der Waals surface area contributed by atoms with Crippen molar-refractivity contribution >= 4 is 37.8 Å². The summed E-state index contributed by atoms with van der Waals surface area (Å²) in [6.45, 7) is 7.00. The number of hydrogen-bond acceptors (Lipinski definition) is 2. The quantitative estimate of drug-likeness (QED) is 0.800. The van der Waals surface area contributed by atoms with Crippen molar-refractivity contribution in [3.63, 3.8) is 0 Å². The molecule has 0 bridgehead atoms. The zero-order chi connectivity index (χ0) is 15.4. The van der Waals surface area contributed by atoms with Crippen molar-refractivity contribution in [2.24, 2.45) is 5.92 Å². The number of likely N-dealkylation sites (tertiary alicyclic amines) is 1. The van der Waals surface area contributed by atoms with Crippen LogP contribution < -0.4 is 5.32 Å². The van der Waals surface area contributed by atoms with Gasteiger partial charge in [0.15, 0.2) is 0 Å². The van der Waals surface area contributed by atoms with Gasteiger partial charge < -0.3 is 10.2 Å². The Kier molecular flexibility index (Phi) is 6.26. The maximum atomic E-state index is 12.7. The van der Waals surface area contributed by atoms with E-state index in [0.29, 0.717) is 12.0 Å². The fraction of sp³-hybridized carbons (Fsp3) is 0.562. The zero-order valence-corrected chi connectivity index (χ0v) is 15.7. The van der Waals surface area contributed by atoms with Crippen LogP contribution in [0.3, 0.4) is 0 Å². The van der Waals surface area contributed by atoms with E-state index in [1.54, 1.807) is 0 Å². The summed E-state index contributed by atoms with van der Waals surface area (Å²) in [6.07, 6.45) is 2.28. The highest BCUT2D eigenvalue weighted by Crippen LogP contribution is 2.25. The summed E-state index contributed by atoms with van der Waals surface area (Å²) in [7, 11) is 0. The monoisotopic (exact) mass is 416 g/mol. The van der Waals surface area contributed by atoms with Crippen LogP contribution in [0.5, 0.6) is 0 Å². The molecular weight excluding hydrogens is 396 g/mol. The number of carbonyl (C=O) groups is 1. The van der Waals surface area contributed by atoms with Crippen LogP contribution in [0.25, 0.3) is 0 Å². The SMILES string of the molecule is CC(C)NCC1CCCN(C(=O)c2cc(Br)ccc2Br)C1. The summed E-state index contributed by atoms with van der Waals surface area (Å²) in [5, 5.41) is 3.48. The van der Waals surface area contributed by atoms with Gasteiger partial charge in [-0.05, 0) is 59.4 Å². The van der Waals surface area contributed by atoms with Crippen molar-refractivity contribution in [1.29, 1.82) is 0 Å². The molecule has 0 spiro atoms. The fourth-order valence-corrected chi connectivity index (χ4v) is 3.43. The molecule has 3 nitrogen and oxygen atoms in total. The first kappa shape index (κ1) is 17.0. The Balaban J connectivity index is 2.03. The van der Waals surface area contributed by atoms with Crippen LogP contribution in [0.2, 0.25) is 0 Å². The molecule has 5 heteroatoms. The van der Waals surface area contributed by atoms with Crippen LogP contribution in [0, 0.1) is 5.92 Å². The molecule has 1 N–H and O–H groups in total. The molecule has 0 saturated carbocycles. The van der Waals surface area contributed by atoms with E-state index in [4.69, 9.17) is 0 Å². The molecule has 1 aromatic rings. The first-order valence-electron chi connectivity index (χ1n) is 7.45. The molecule has 1 saturated heterocycles. The number of nitrogens with zero attached hydrogens (tertiary/aromatic N) is 1. The highest BCUT2D eigenvalue weighted by atomic mass is 79.9. The average molecular weight is 418 g/mol. The van der Waals surface area contributed by atoms with E-state index in [9.17, 15) is 4.79 Å². The normalized spacial score (nSPS) is 19.1. The average Bonchev–Trinajstić information content (AvgIpc) is 2.47. The molecule has 0 aliphatic carbocycles. The molecule has 116 valence electrons. The van der Waals surface area contributed by atoms with Crippen LogP contribution in [-0.4, -0.2) is 36.5 Å². The van der Waals surface area contributed by atoms with E-state index in [0.717, 1.165) is 40.6 Å². The van der Waals surface area contributed by atoms with Gasteiger partial charge in [0.2, 0.25) is 0 Å². The summed E-state index contributed by atoms with van der Waals surface area (Å²) in [4.78, 5) is 14.7. The minimum Gasteiger partial charge on any atom is -0.338 e.